The van der Waals surface area contributed by atoms with Gasteiger partial charge in [-0.3, -0.25) is 9.59 Å². The van der Waals surface area contributed by atoms with Crippen LogP contribution in [0, 0.1) is 12.7 Å². The lowest BCUT2D eigenvalue weighted by molar-refractivity contribution is -0.117. The number of aliphatic hydroxyl groups is 1. The summed E-state index contributed by atoms with van der Waals surface area (Å²) < 4.78 is 19.4. The minimum Gasteiger partial charge on any atom is -0.462 e. The van der Waals surface area contributed by atoms with Crippen molar-refractivity contribution < 1.29 is 28.6 Å². The molecule has 0 atom stereocenters. The summed E-state index contributed by atoms with van der Waals surface area (Å²) in [6.45, 7) is 2.80. The number of nitrogens with one attached hydrogen (secondary N) is 2. The van der Waals surface area contributed by atoms with Gasteiger partial charge in [0, 0.05) is 23.4 Å². The van der Waals surface area contributed by atoms with E-state index in [1.54, 1.807) is 13.0 Å². The van der Waals surface area contributed by atoms with E-state index >= 15 is 0 Å². The molecule has 26 heavy (non-hydrogen) atoms. The smallest absolute Gasteiger partial charge is 0.340 e. The van der Waals surface area contributed by atoms with Crippen LogP contribution in [0.1, 0.15) is 33.5 Å². The maximum absolute atomic E-state index is 14.4. The number of halogens is 1. The van der Waals surface area contributed by atoms with Gasteiger partial charge in [-0.25, -0.2) is 9.18 Å². The molecule has 3 N–H and O–H groups in total. The van der Waals surface area contributed by atoms with Crippen LogP contribution >= 0.6 is 0 Å². The van der Waals surface area contributed by atoms with Crippen molar-refractivity contribution in [1.29, 1.82) is 0 Å². The minimum absolute atomic E-state index is 0.00166. The topological polar surface area (TPSA) is 108 Å². The lowest BCUT2D eigenvalue weighted by atomic mass is 9.98. The predicted octanol–water partition coefficient (Wildman–Crippen LogP) is 1.60. The molecule has 0 fully saturated rings. The summed E-state index contributed by atoms with van der Waals surface area (Å²) in [7, 11) is 0. The number of H-pyrrole nitrogens is 1. The highest BCUT2D eigenvalue weighted by atomic mass is 19.1. The van der Waals surface area contributed by atoms with Crippen molar-refractivity contribution in [3.63, 3.8) is 0 Å². The van der Waals surface area contributed by atoms with E-state index < -0.39 is 23.5 Å². The summed E-state index contributed by atoms with van der Waals surface area (Å²) in [5.41, 5.74) is 0.0303. The minimum atomic E-state index is -0.978. The Morgan fingerprint density at radius 1 is 1.27 bits per heavy atom. The number of hydrogen-bond donors (Lipinski definition) is 3. The molecule has 0 spiro atoms. The Bertz CT molecular complexity index is 844. The largest absolute Gasteiger partial charge is 0.462 e. The molecule has 0 aliphatic carbocycles. The van der Waals surface area contributed by atoms with Crippen LogP contribution in [0.5, 0.6) is 0 Å². The number of benzene rings is 1. The second kappa shape index (κ2) is 8.39. The molecule has 138 valence electrons. The maximum Gasteiger partial charge on any atom is 0.340 e. The second-order valence-electron chi connectivity index (χ2n) is 5.38. The number of carbonyl (C=O) groups is 3. The number of aromatic amines is 1. The van der Waals surface area contributed by atoms with Crippen LogP contribution in [0.2, 0.25) is 0 Å². The quantitative estimate of drug-likeness (QED) is 0.394. The molecule has 0 aliphatic rings. The number of rotatable bonds is 7. The third-order valence-corrected chi connectivity index (χ3v) is 3.64. The molecular formula is C18H19FN2O5. The van der Waals surface area contributed by atoms with E-state index in [-0.39, 0.29) is 47.8 Å². The van der Waals surface area contributed by atoms with E-state index in [1.165, 1.54) is 25.1 Å². The number of ketones is 1. The van der Waals surface area contributed by atoms with Crippen molar-refractivity contribution >= 4 is 17.7 Å². The molecule has 0 bridgehead atoms. The summed E-state index contributed by atoms with van der Waals surface area (Å²) in [6, 6.07) is 5.61. The summed E-state index contributed by atoms with van der Waals surface area (Å²) in [5, 5.41) is 11.0. The standard InChI is InChI=1S/C18H19FN2O5/c1-3-26-18(25)13-10(2)21-15(16(23)17(24)20-8-9-22)14(13)11-6-4-5-7-12(11)19/h4-7,21-22H,3,8-9H2,1-2H3,(H,20,24). The lowest BCUT2D eigenvalue weighted by Crippen LogP contribution is -2.33. The molecule has 1 heterocycles. The first kappa shape index (κ1) is 19.3. The van der Waals surface area contributed by atoms with Gasteiger partial charge in [-0.1, -0.05) is 18.2 Å². The van der Waals surface area contributed by atoms with Crippen molar-refractivity contribution in [2.75, 3.05) is 19.8 Å². The highest BCUT2D eigenvalue weighted by Crippen LogP contribution is 2.33. The van der Waals surface area contributed by atoms with E-state index in [0.717, 1.165) is 0 Å². The molecule has 1 aromatic carbocycles. The number of aliphatic hydroxyl groups excluding tert-OH is 1. The first-order chi connectivity index (χ1) is 12.4. The van der Waals surface area contributed by atoms with Gasteiger partial charge in [0.2, 0.25) is 0 Å². The van der Waals surface area contributed by atoms with Gasteiger partial charge in [-0.05, 0) is 19.9 Å². The van der Waals surface area contributed by atoms with Gasteiger partial charge in [0.05, 0.1) is 18.8 Å². The van der Waals surface area contributed by atoms with Crippen molar-refractivity contribution in [3.8, 4) is 11.1 Å². The fraction of sp³-hybridized carbons (Fsp3) is 0.278. The van der Waals surface area contributed by atoms with E-state index in [0.29, 0.717) is 0 Å². The van der Waals surface area contributed by atoms with Crippen molar-refractivity contribution in [2.24, 2.45) is 0 Å². The van der Waals surface area contributed by atoms with Crippen LogP contribution < -0.4 is 5.32 Å². The van der Waals surface area contributed by atoms with Crippen LogP contribution in [-0.2, 0) is 9.53 Å². The Morgan fingerprint density at radius 2 is 1.96 bits per heavy atom. The number of esters is 1. The zero-order valence-electron chi connectivity index (χ0n) is 14.4. The van der Waals surface area contributed by atoms with Crippen LogP contribution in [-0.4, -0.2) is 47.5 Å². The summed E-state index contributed by atoms with van der Waals surface area (Å²) in [6.07, 6.45) is 0. The molecule has 7 nitrogen and oxygen atoms in total. The average molecular weight is 362 g/mol. The molecule has 1 aromatic heterocycles. The Labute approximate surface area is 149 Å². The summed E-state index contributed by atoms with van der Waals surface area (Å²) >= 11 is 0. The lowest BCUT2D eigenvalue weighted by Gasteiger charge is -2.09. The van der Waals surface area contributed by atoms with E-state index in [2.05, 4.69) is 10.3 Å². The van der Waals surface area contributed by atoms with Crippen molar-refractivity contribution in [1.82, 2.24) is 10.3 Å². The van der Waals surface area contributed by atoms with Crippen LogP contribution in [0.3, 0.4) is 0 Å². The Morgan fingerprint density at radius 3 is 2.58 bits per heavy atom. The number of aryl methyl sites for hydroxylation is 1. The Kier molecular flexibility index (Phi) is 6.24. The van der Waals surface area contributed by atoms with Gasteiger partial charge in [0.25, 0.3) is 11.7 Å². The van der Waals surface area contributed by atoms with E-state index in [4.69, 9.17) is 9.84 Å². The first-order valence-electron chi connectivity index (χ1n) is 8.00. The molecular weight excluding hydrogens is 343 g/mol. The molecule has 0 saturated heterocycles. The molecule has 0 radical (unpaired) electrons. The van der Waals surface area contributed by atoms with Gasteiger partial charge in [0.15, 0.2) is 0 Å². The van der Waals surface area contributed by atoms with Gasteiger partial charge < -0.3 is 20.1 Å². The molecule has 0 saturated carbocycles. The van der Waals surface area contributed by atoms with Crippen molar-refractivity contribution in [3.05, 3.63) is 47.0 Å². The van der Waals surface area contributed by atoms with Gasteiger partial charge in [0.1, 0.15) is 11.5 Å². The van der Waals surface area contributed by atoms with Crippen LogP contribution in [0.4, 0.5) is 4.39 Å². The predicted molar refractivity (Wildman–Crippen MR) is 91.3 cm³/mol. The normalized spacial score (nSPS) is 10.5. The molecule has 2 aromatic rings. The first-order valence-corrected chi connectivity index (χ1v) is 8.00. The number of amides is 1. The molecule has 0 unspecified atom stereocenters. The molecule has 0 aliphatic heterocycles. The zero-order chi connectivity index (χ0) is 19.3. The number of carbonyl (C=O) groups excluding carboxylic acids is 3. The average Bonchev–Trinajstić information content (AvgIpc) is 2.96. The van der Waals surface area contributed by atoms with Gasteiger partial charge in [-0.15, -0.1) is 0 Å². The highest BCUT2D eigenvalue weighted by Gasteiger charge is 2.30. The fourth-order valence-corrected chi connectivity index (χ4v) is 2.55. The maximum atomic E-state index is 14.4. The van der Waals surface area contributed by atoms with Gasteiger partial charge in [-0.2, -0.15) is 0 Å². The van der Waals surface area contributed by atoms with E-state index in [1.807, 2.05) is 0 Å². The number of aromatic nitrogens is 1. The molecule has 1 amide bonds. The number of ether oxygens (including phenoxy) is 1. The Balaban J connectivity index is 2.64. The molecule has 8 heteroatoms. The summed E-state index contributed by atoms with van der Waals surface area (Å²) in [4.78, 5) is 39.5. The van der Waals surface area contributed by atoms with Crippen LogP contribution in [0.25, 0.3) is 11.1 Å². The van der Waals surface area contributed by atoms with E-state index in [9.17, 15) is 18.8 Å². The number of Topliss-reactive ketones (excluding diaryl/α,β-unsaturated/α-hetero) is 1. The third-order valence-electron chi connectivity index (χ3n) is 3.64. The van der Waals surface area contributed by atoms with Crippen LogP contribution in [0.15, 0.2) is 24.3 Å². The number of hydrogen-bond acceptors (Lipinski definition) is 5. The fourth-order valence-electron chi connectivity index (χ4n) is 2.55. The van der Waals surface area contributed by atoms with Crippen molar-refractivity contribution in [2.45, 2.75) is 13.8 Å². The zero-order valence-corrected chi connectivity index (χ0v) is 14.4. The van der Waals surface area contributed by atoms with Gasteiger partial charge >= 0.3 is 5.97 Å². The SMILES string of the molecule is CCOC(=O)c1c(C)[nH]c(C(=O)C(=O)NCCO)c1-c1ccccc1F. The Hall–Kier alpha value is -3.00. The summed E-state index contributed by atoms with van der Waals surface area (Å²) in [5.74, 6) is -3.33. The highest BCUT2D eigenvalue weighted by molar-refractivity contribution is 6.43. The third kappa shape index (κ3) is 3.80. The molecule has 2 rings (SSSR count). The second-order valence-corrected chi connectivity index (χ2v) is 5.38. The monoisotopic (exact) mass is 362 g/mol.